The van der Waals surface area contributed by atoms with Crippen LogP contribution in [-0.4, -0.2) is 25.4 Å². The number of aromatic nitrogens is 3. The highest BCUT2D eigenvalue weighted by Gasteiger charge is 2.18. The number of nitro benzene ring substituents is 1. The van der Waals surface area contributed by atoms with Crippen LogP contribution in [0.25, 0.3) is 5.69 Å². The molecule has 1 N–H and O–H groups in total. The summed E-state index contributed by atoms with van der Waals surface area (Å²) in [6.45, 7) is 0. The highest BCUT2D eigenvalue weighted by atomic mass is 16.6. The first-order valence-corrected chi connectivity index (χ1v) is 6.63. The van der Waals surface area contributed by atoms with E-state index in [-0.39, 0.29) is 11.3 Å². The molecule has 3 rings (SSSR count). The fraction of sp³-hybridized carbons (Fsp3) is 0. The van der Waals surface area contributed by atoms with Gasteiger partial charge >= 0.3 is 0 Å². The van der Waals surface area contributed by atoms with Crippen molar-refractivity contribution in [1.29, 1.82) is 0 Å². The molecule has 3 aromatic rings. The summed E-state index contributed by atoms with van der Waals surface area (Å²) < 4.78 is 1.51. The summed E-state index contributed by atoms with van der Waals surface area (Å²) in [5, 5.41) is 13.9. The number of pyridine rings is 1. The number of carbonyl (C=O) groups excluding carboxylic acids is 1. The minimum atomic E-state index is -0.532. The number of hydrogen-bond acceptors (Lipinski definition) is 5. The first-order valence-electron chi connectivity index (χ1n) is 6.63. The van der Waals surface area contributed by atoms with Crippen molar-refractivity contribution >= 4 is 17.3 Å². The van der Waals surface area contributed by atoms with Gasteiger partial charge in [0.05, 0.1) is 23.1 Å². The molecule has 0 unspecified atom stereocenters. The monoisotopic (exact) mass is 309 g/mol. The summed E-state index contributed by atoms with van der Waals surface area (Å²) >= 11 is 0. The van der Waals surface area contributed by atoms with Crippen molar-refractivity contribution < 1.29 is 9.72 Å². The predicted molar refractivity (Wildman–Crippen MR) is 82.4 cm³/mol. The van der Waals surface area contributed by atoms with Crippen LogP contribution in [-0.2, 0) is 0 Å². The third-order valence-corrected chi connectivity index (χ3v) is 3.14. The van der Waals surface area contributed by atoms with Crippen LogP contribution in [0.4, 0.5) is 11.4 Å². The van der Waals surface area contributed by atoms with Crippen molar-refractivity contribution in [3.63, 3.8) is 0 Å². The van der Waals surface area contributed by atoms with Gasteiger partial charge in [-0.15, -0.1) is 0 Å². The normalized spacial score (nSPS) is 10.3. The zero-order valence-corrected chi connectivity index (χ0v) is 11.8. The van der Waals surface area contributed by atoms with Gasteiger partial charge in [0.2, 0.25) is 0 Å². The van der Waals surface area contributed by atoms with Crippen molar-refractivity contribution in [2.45, 2.75) is 0 Å². The maximum atomic E-state index is 12.2. The van der Waals surface area contributed by atoms with Crippen LogP contribution in [0.1, 0.15) is 10.4 Å². The van der Waals surface area contributed by atoms with E-state index in [0.717, 1.165) is 0 Å². The van der Waals surface area contributed by atoms with Gasteiger partial charge < -0.3 is 9.88 Å². The molecular formula is C15H11N5O3. The highest BCUT2D eigenvalue weighted by molar-refractivity contribution is 6.04. The Morgan fingerprint density at radius 3 is 2.74 bits per heavy atom. The van der Waals surface area contributed by atoms with Crippen LogP contribution >= 0.6 is 0 Å². The van der Waals surface area contributed by atoms with Crippen LogP contribution in [0.2, 0.25) is 0 Å². The topological polar surface area (TPSA) is 103 Å². The van der Waals surface area contributed by atoms with Crippen molar-refractivity contribution in [2.75, 3.05) is 5.32 Å². The Balaban J connectivity index is 1.93. The van der Waals surface area contributed by atoms with Gasteiger partial charge in [-0.05, 0) is 24.3 Å². The summed E-state index contributed by atoms with van der Waals surface area (Å²) in [7, 11) is 0. The Morgan fingerprint density at radius 1 is 1.22 bits per heavy atom. The summed E-state index contributed by atoms with van der Waals surface area (Å²) in [5.41, 5.74) is 0.857. The van der Waals surface area contributed by atoms with Gasteiger partial charge in [-0.1, -0.05) is 0 Å². The predicted octanol–water partition coefficient (Wildman–Crippen LogP) is 2.43. The largest absolute Gasteiger partial charge is 0.321 e. The first kappa shape index (κ1) is 14.4. The molecule has 1 aromatic carbocycles. The van der Waals surface area contributed by atoms with E-state index in [1.54, 1.807) is 24.5 Å². The molecule has 2 heterocycles. The van der Waals surface area contributed by atoms with Crippen LogP contribution < -0.4 is 5.32 Å². The molecule has 1 amide bonds. The first-order chi connectivity index (χ1) is 11.1. The molecule has 0 atom stereocenters. The van der Waals surface area contributed by atoms with E-state index in [0.29, 0.717) is 11.4 Å². The molecule has 2 aromatic heterocycles. The Hall–Kier alpha value is -3.55. The zero-order chi connectivity index (χ0) is 16.2. The number of carbonyl (C=O) groups is 1. The Bertz CT molecular complexity index is 847. The van der Waals surface area contributed by atoms with Gasteiger partial charge in [0.25, 0.3) is 11.6 Å². The number of hydrogen-bond donors (Lipinski definition) is 1. The lowest BCUT2D eigenvalue weighted by molar-refractivity contribution is -0.384. The summed E-state index contributed by atoms with van der Waals surface area (Å²) in [6, 6.07) is 7.63. The zero-order valence-electron chi connectivity index (χ0n) is 11.8. The van der Waals surface area contributed by atoms with E-state index in [1.165, 1.54) is 41.5 Å². The second-order valence-corrected chi connectivity index (χ2v) is 4.63. The molecule has 8 heteroatoms. The van der Waals surface area contributed by atoms with Gasteiger partial charge in [0.1, 0.15) is 5.69 Å². The molecule has 0 aliphatic heterocycles. The fourth-order valence-corrected chi connectivity index (χ4v) is 2.07. The molecule has 0 spiro atoms. The van der Waals surface area contributed by atoms with E-state index in [4.69, 9.17) is 0 Å². The third kappa shape index (κ3) is 3.05. The molecule has 0 radical (unpaired) electrons. The minimum absolute atomic E-state index is 0.179. The average molecular weight is 309 g/mol. The van der Waals surface area contributed by atoms with Gasteiger partial charge in [-0.3, -0.25) is 19.9 Å². The number of anilines is 1. The Labute approximate surface area is 130 Å². The number of imidazole rings is 1. The van der Waals surface area contributed by atoms with E-state index < -0.39 is 10.8 Å². The number of nitrogens with one attached hydrogen (secondary N) is 1. The highest BCUT2D eigenvalue weighted by Crippen LogP contribution is 2.24. The molecule has 114 valence electrons. The average Bonchev–Trinajstić information content (AvgIpc) is 3.09. The molecule has 0 saturated carbocycles. The van der Waals surface area contributed by atoms with Crippen LogP contribution in [0.5, 0.6) is 0 Å². The number of rotatable bonds is 4. The van der Waals surface area contributed by atoms with E-state index in [1.807, 2.05) is 0 Å². The minimum Gasteiger partial charge on any atom is -0.321 e. The van der Waals surface area contributed by atoms with Crippen molar-refractivity contribution in [3.05, 3.63) is 77.1 Å². The number of amides is 1. The lowest BCUT2D eigenvalue weighted by Gasteiger charge is -2.07. The number of nitro groups is 1. The van der Waals surface area contributed by atoms with Gasteiger partial charge in [-0.25, -0.2) is 4.98 Å². The Morgan fingerprint density at radius 2 is 2.09 bits per heavy atom. The van der Waals surface area contributed by atoms with Crippen LogP contribution in [0.15, 0.2) is 61.4 Å². The van der Waals surface area contributed by atoms with Crippen LogP contribution in [0, 0.1) is 10.1 Å². The molecule has 0 aliphatic carbocycles. The molecule has 0 aliphatic rings. The SMILES string of the molecule is O=C(Nc1cccnc1)c1ccc(-n2ccnc2)c([N+](=O)[O-])c1. The molecule has 0 bridgehead atoms. The number of nitrogens with zero attached hydrogens (tertiary/aromatic N) is 4. The van der Waals surface area contributed by atoms with Crippen molar-refractivity contribution in [2.24, 2.45) is 0 Å². The van der Waals surface area contributed by atoms with E-state index in [9.17, 15) is 14.9 Å². The summed E-state index contributed by atoms with van der Waals surface area (Å²) in [6.07, 6.45) is 7.65. The molecular weight excluding hydrogens is 298 g/mol. The lowest BCUT2D eigenvalue weighted by atomic mass is 10.1. The van der Waals surface area contributed by atoms with Gasteiger partial charge in [0, 0.05) is 30.2 Å². The van der Waals surface area contributed by atoms with Gasteiger partial charge in [0.15, 0.2) is 0 Å². The summed E-state index contributed by atoms with van der Waals surface area (Å²) in [5.74, 6) is -0.446. The fourth-order valence-electron chi connectivity index (χ4n) is 2.07. The summed E-state index contributed by atoms with van der Waals surface area (Å²) in [4.78, 5) is 30.7. The lowest BCUT2D eigenvalue weighted by Crippen LogP contribution is -2.12. The third-order valence-electron chi connectivity index (χ3n) is 3.14. The molecule has 0 fully saturated rings. The molecule has 0 saturated heterocycles. The standard InChI is InChI=1S/C15H11N5O3/c21-15(18-12-2-1-5-16-9-12)11-3-4-13(14(8-11)20(22)23)19-7-6-17-10-19/h1-10H,(H,18,21). The molecule has 8 nitrogen and oxygen atoms in total. The Kier molecular flexibility index (Phi) is 3.79. The maximum Gasteiger partial charge on any atom is 0.294 e. The van der Waals surface area contributed by atoms with Gasteiger partial charge in [-0.2, -0.15) is 0 Å². The van der Waals surface area contributed by atoms with E-state index in [2.05, 4.69) is 15.3 Å². The second kappa shape index (κ2) is 6.06. The second-order valence-electron chi connectivity index (χ2n) is 4.63. The van der Waals surface area contributed by atoms with Crippen LogP contribution in [0.3, 0.4) is 0 Å². The maximum absolute atomic E-state index is 12.2. The smallest absolute Gasteiger partial charge is 0.294 e. The molecule has 23 heavy (non-hydrogen) atoms. The number of benzene rings is 1. The van der Waals surface area contributed by atoms with E-state index >= 15 is 0 Å². The van der Waals surface area contributed by atoms with Crippen molar-refractivity contribution in [3.8, 4) is 5.69 Å². The quantitative estimate of drug-likeness (QED) is 0.589. The van der Waals surface area contributed by atoms with Crippen molar-refractivity contribution in [1.82, 2.24) is 14.5 Å².